The number of hydrogen-bond acceptors (Lipinski definition) is 7. The van der Waals surface area contributed by atoms with Crippen LogP contribution < -0.4 is 5.32 Å². The molecule has 2 bridgehead atoms. The molecule has 0 saturated heterocycles. The third kappa shape index (κ3) is 2.84. The first-order valence-corrected chi connectivity index (χ1v) is 12.3. The van der Waals surface area contributed by atoms with Crippen LogP contribution in [0.5, 0.6) is 0 Å². The summed E-state index contributed by atoms with van der Waals surface area (Å²) >= 11 is 6.01. The van der Waals surface area contributed by atoms with Crippen LogP contribution >= 0.6 is 11.6 Å². The Bertz CT molecular complexity index is 1410. The molecular weight excluding hydrogens is 454 g/mol. The number of nitrogens with zero attached hydrogens (tertiary/aromatic N) is 2. The van der Waals surface area contributed by atoms with Gasteiger partial charge in [0.15, 0.2) is 20.4 Å². The van der Waals surface area contributed by atoms with Crippen molar-refractivity contribution < 1.29 is 22.4 Å². The first-order chi connectivity index (χ1) is 15.2. The van der Waals surface area contributed by atoms with E-state index >= 15 is 0 Å². The zero-order valence-electron chi connectivity index (χ0n) is 16.8. The van der Waals surface area contributed by atoms with Gasteiger partial charge in [0.2, 0.25) is 11.8 Å². The minimum Gasteiger partial charge on any atom is -0.440 e. The molecule has 32 heavy (non-hydrogen) atoms. The van der Waals surface area contributed by atoms with E-state index in [2.05, 4.69) is 15.3 Å². The maximum atomic E-state index is 12.8. The summed E-state index contributed by atoms with van der Waals surface area (Å²) in [5.41, 5.74) is 0.528. The second-order valence-corrected chi connectivity index (χ2v) is 11.7. The number of nitrogens with one attached hydrogen (secondary N) is 1. The maximum Gasteiger partial charge on any atom is 0.258 e. The number of rotatable bonds is 5. The monoisotopic (exact) mass is 471 g/mol. The first kappa shape index (κ1) is 19.9. The average molecular weight is 472 g/mol. The summed E-state index contributed by atoms with van der Waals surface area (Å²) in [5, 5.41) is 2.45. The molecule has 3 aromatic rings. The summed E-state index contributed by atoms with van der Waals surface area (Å²) in [7, 11) is -3.52. The number of amides is 2. The normalized spacial score (nSPS) is 26.3. The standard InChI is InChI=1S/C22H18ClN3O5S/c23-13-1-4-15-16(8-13)31-20(25-15)22-9-21(10-22,11-22)19(28)26-18(27)12-5-6-24-17(7-12)32(29,30)14-2-3-14/h1,4-8,14H,2-3,9-11H2,(H,26,27,28). The van der Waals surface area contributed by atoms with Gasteiger partial charge >= 0.3 is 0 Å². The predicted octanol–water partition coefficient (Wildman–Crippen LogP) is 3.19. The summed E-state index contributed by atoms with van der Waals surface area (Å²) in [5.74, 6) is -0.383. The lowest BCUT2D eigenvalue weighted by molar-refractivity contribution is -0.179. The molecule has 1 aromatic carbocycles. The number of oxazole rings is 1. The van der Waals surface area contributed by atoms with Gasteiger partial charge in [0, 0.05) is 22.8 Å². The van der Waals surface area contributed by atoms with Crippen molar-refractivity contribution in [3.05, 3.63) is 53.0 Å². The number of benzene rings is 1. The van der Waals surface area contributed by atoms with E-state index in [1.165, 1.54) is 18.3 Å². The van der Waals surface area contributed by atoms with Crippen molar-refractivity contribution in [3.8, 4) is 0 Å². The minimum absolute atomic E-state index is 0.102. The van der Waals surface area contributed by atoms with Crippen molar-refractivity contribution >= 4 is 44.4 Å². The maximum absolute atomic E-state index is 12.8. The molecule has 2 amide bonds. The van der Waals surface area contributed by atoms with Crippen LogP contribution in [0, 0.1) is 5.41 Å². The van der Waals surface area contributed by atoms with Gasteiger partial charge < -0.3 is 4.42 Å². The number of pyridine rings is 1. The molecular formula is C22H18ClN3O5S. The van der Waals surface area contributed by atoms with Crippen molar-refractivity contribution in [3.63, 3.8) is 0 Å². The quantitative estimate of drug-likeness (QED) is 0.567. The number of carbonyl (C=O) groups is 2. The second-order valence-electron chi connectivity index (χ2n) is 9.13. The molecule has 4 fully saturated rings. The molecule has 4 saturated carbocycles. The van der Waals surface area contributed by atoms with Gasteiger partial charge in [0.05, 0.1) is 16.1 Å². The van der Waals surface area contributed by atoms with Gasteiger partial charge in [-0.25, -0.2) is 18.4 Å². The molecule has 0 aliphatic heterocycles. The number of carbonyl (C=O) groups excluding carboxylic acids is 2. The van der Waals surface area contributed by atoms with Crippen LogP contribution in [-0.2, 0) is 20.0 Å². The highest BCUT2D eigenvalue weighted by molar-refractivity contribution is 7.92. The SMILES string of the molecule is O=C(NC(=O)C12CC(c3nc4ccc(Cl)cc4o3)(C1)C2)c1ccnc(S(=O)(=O)C2CC2)c1. The zero-order chi connectivity index (χ0) is 22.3. The summed E-state index contributed by atoms with van der Waals surface area (Å²) in [6.45, 7) is 0. The summed E-state index contributed by atoms with van der Waals surface area (Å²) < 4.78 is 30.6. The number of imide groups is 1. The van der Waals surface area contributed by atoms with Crippen LogP contribution in [-0.4, -0.2) is 35.5 Å². The Morgan fingerprint density at radius 3 is 2.59 bits per heavy atom. The van der Waals surface area contributed by atoms with Gasteiger partial charge in [0.25, 0.3) is 5.91 Å². The topological polar surface area (TPSA) is 119 Å². The molecule has 2 aromatic heterocycles. The van der Waals surface area contributed by atoms with Crippen LogP contribution in [0.2, 0.25) is 5.02 Å². The van der Waals surface area contributed by atoms with Crippen LogP contribution in [0.25, 0.3) is 11.1 Å². The van der Waals surface area contributed by atoms with Crippen LogP contribution in [0.1, 0.15) is 48.4 Å². The average Bonchev–Trinajstić information content (AvgIpc) is 3.47. The fraction of sp³-hybridized carbons (Fsp3) is 0.364. The van der Waals surface area contributed by atoms with Gasteiger partial charge in [-0.15, -0.1) is 0 Å². The Labute approximate surface area is 188 Å². The van der Waals surface area contributed by atoms with Crippen molar-refractivity contribution in [1.29, 1.82) is 0 Å². The number of halogens is 1. The molecule has 1 N–H and O–H groups in total. The number of fused-ring (bicyclic) bond motifs is 1. The molecule has 2 heterocycles. The van der Waals surface area contributed by atoms with E-state index in [4.69, 9.17) is 16.0 Å². The minimum atomic E-state index is -3.52. The van der Waals surface area contributed by atoms with E-state index in [1.807, 2.05) is 0 Å². The molecule has 0 unspecified atom stereocenters. The van der Waals surface area contributed by atoms with E-state index < -0.39 is 26.4 Å². The molecule has 0 spiro atoms. The van der Waals surface area contributed by atoms with E-state index in [-0.39, 0.29) is 21.9 Å². The summed E-state index contributed by atoms with van der Waals surface area (Å²) in [4.78, 5) is 33.9. The first-order valence-electron chi connectivity index (χ1n) is 10.3. The molecule has 4 aliphatic carbocycles. The Morgan fingerprint density at radius 2 is 1.88 bits per heavy atom. The van der Waals surface area contributed by atoms with Gasteiger partial charge in [-0.3, -0.25) is 14.9 Å². The Balaban J connectivity index is 1.15. The molecule has 4 aliphatic rings. The third-order valence-electron chi connectivity index (χ3n) is 6.79. The molecule has 7 rings (SSSR count). The number of aromatic nitrogens is 2. The smallest absolute Gasteiger partial charge is 0.258 e. The van der Waals surface area contributed by atoms with E-state index in [0.717, 1.165) is 5.52 Å². The van der Waals surface area contributed by atoms with E-state index in [0.29, 0.717) is 48.6 Å². The van der Waals surface area contributed by atoms with Gasteiger partial charge in [-0.05, 0) is 56.4 Å². The van der Waals surface area contributed by atoms with Crippen LogP contribution in [0.3, 0.4) is 0 Å². The molecule has 164 valence electrons. The van der Waals surface area contributed by atoms with Crippen LogP contribution in [0.15, 0.2) is 46.0 Å². The second kappa shape index (κ2) is 6.39. The Hall–Kier alpha value is -2.78. The Morgan fingerprint density at radius 1 is 1.12 bits per heavy atom. The van der Waals surface area contributed by atoms with Crippen LogP contribution in [0.4, 0.5) is 0 Å². The van der Waals surface area contributed by atoms with Crippen molar-refractivity contribution in [1.82, 2.24) is 15.3 Å². The number of sulfone groups is 1. The highest BCUT2D eigenvalue weighted by Crippen LogP contribution is 2.73. The van der Waals surface area contributed by atoms with Gasteiger partial charge in [0.1, 0.15) is 5.52 Å². The fourth-order valence-electron chi connectivity index (χ4n) is 4.94. The summed E-state index contributed by atoms with van der Waals surface area (Å²) in [6.07, 6.45) is 4.16. The zero-order valence-corrected chi connectivity index (χ0v) is 18.4. The lowest BCUT2D eigenvalue weighted by atomic mass is 9.34. The lowest BCUT2D eigenvalue weighted by Crippen LogP contribution is -2.70. The predicted molar refractivity (Wildman–Crippen MR) is 114 cm³/mol. The molecule has 0 atom stereocenters. The molecule has 0 radical (unpaired) electrons. The fourth-order valence-corrected chi connectivity index (χ4v) is 6.70. The van der Waals surface area contributed by atoms with Crippen molar-refractivity contribution in [2.45, 2.75) is 47.8 Å². The summed E-state index contributed by atoms with van der Waals surface area (Å²) in [6, 6.07) is 7.90. The highest BCUT2D eigenvalue weighted by atomic mass is 35.5. The largest absolute Gasteiger partial charge is 0.440 e. The third-order valence-corrected chi connectivity index (χ3v) is 9.19. The van der Waals surface area contributed by atoms with Crippen molar-refractivity contribution in [2.75, 3.05) is 0 Å². The molecule has 8 nitrogen and oxygen atoms in total. The molecule has 10 heteroatoms. The lowest BCUT2D eigenvalue weighted by Gasteiger charge is -2.67. The van der Waals surface area contributed by atoms with Gasteiger partial charge in [-0.1, -0.05) is 11.6 Å². The number of hydrogen-bond donors (Lipinski definition) is 1. The van der Waals surface area contributed by atoms with E-state index in [1.54, 1.807) is 18.2 Å². The van der Waals surface area contributed by atoms with Crippen molar-refractivity contribution in [2.24, 2.45) is 5.41 Å². The Kier molecular flexibility index (Phi) is 3.97. The van der Waals surface area contributed by atoms with E-state index in [9.17, 15) is 18.0 Å². The highest BCUT2D eigenvalue weighted by Gasteiger charge is 2.74. The van der Waals surface area contributed by atoms with Gasteiger partial charge in [-0.2, -0.15) is 0 Å².